The molecule has 48 heavy (non-hydrogen) atoms. The number of benzene rings is 4. The van der Waals surface area contributed by atoms with E-state index in [1.54, 1.807) is 16.7 Å². The molecule has 6 aromatic rings. The maximum atomic E-state index is 13.8. The van der Waals surface area contributed by atoms with Gasteiger partial charge in [-0.15, -0.1) is 0 Å². The van der Waals surface area contributed by atoms with Gasteiger partial charge in [-0.3, -0.25) is 4.79 Å². The van der Waals surface area contributed by atoms with Crippen molar-refractivity contribution in [3.05, 3.63) is 148 Å². The van der Waals surface area contributed by atoms with E-state index >= 15 is 0 Å². The number of pyridine rings is 1. The van der Waals surface area contributed by atoms with Gasteiger partial charge in [0.25, 0.3) is 5.56 Å². The van der Waals surface area contributed by atoms with Crippen molar-refractivity contribution in [3.8, 4) is 22.3 Å². The van der Waals surface area contributed by atoms with Gasteiger partial charge >= 0.3 is 11.9 Å². The first-order valence-electron chi connectivity index (χ1n) is 16.0. The summed E-state index contributed by atoms with van der Waals surface area (Å²) in [6.07, 6.45) is 4.58. The zero-order valence-electron chi connectivity index (χ0n) is 27.3. The standard InChI is InChI=1S/C40H37N3O5/c1-4-5-14-36-41-37-35(43(36)26-28-17-21-30(22-18-28)32-11-7-9-13-34(32)40(46)48-3)23-24-42(38(37)44)25-27-15-19-29(20-16-27)31-10-6-8-12-33(31)39(45)47-2/h6-13,15-24H,4-5,14,25-26H2,1-3H3. The van der Waals surface area contributed by atoms with E-state index in [-0.39, 0.29) is 17.5 Å². The Morgan fingerprint density at radius 1 is 0.688 bits per heavy atom. The van der Waals surface area contributed by atoms with Crippen molar-refractivity contribution in [1.29, 1.82) is 0 Å². The molecule has 0 amide bonds. The summed E-state index contributed by atoms with van der Waals surface area (Å²) < 4.78 is 13.8. The lowest BCUT2D eigenvalue weighted by molar-refractivity contribution is 0.0592. The van der Waals surface area contributed by atoms with Crippen LogP contribution in [0.1, 0.15) is 57.4 Å². The van der Waals surface area contributed by atoms with Crippen molar-refractivity contribution in [3.63, 3.8) is 0 Å². The van der Waals surface area contributed by atoms with Crippen molar-refractivity contribution >= 4 is 23.0 Å². The predicted octanol–water partition coefficient (Wildman–Crippen LogP) is 7.54. The van der Waals surface area contributed by atoms with Crippen molar-refractivity contribution < 1.29 is 19.1 Å². The van der Waals surface area contributed by atoms with Crippen molar-refractivity contribution in [1.82, 2.24) is 14.1 Å². The lowest BCUT2D eigenvalue weighted by atomic mass is 9.98. The van der Waals surface area contributed by atoms with E-state index in [0.717, 1.165) is 64.0 Å². The zero-order chi connectivity index (χ0) is 33.6. The molecule has 0 fully saturated rings. The number of carbonyl (C=O) groups is 2. The molecule has 6 rings (SSSR count). The summed E-state index contributed by atoms with van der Waals surface area (Å²) in [5.41, 5.74) is 7.57. The predicted molar refractivity (Wildman–Crippen MR) is 187 cm³/mol. The maximum absolute atomic E-state index is 13.8. The number of esters is 2. The van der Waals surface area contributed by atoms with Gasteiger partial charge in [-0.05, 0) is 58.0 Å². The smallest absolute Gasteiger partial charge is 0.338 e. The van der Waals surface area contributed by atoms with Gasteiger partial charge < -0.3 is 18.6 Å². The van der Waals surface area contributed by atoms with E-state index in [1.165, 1.54) is 14.2 Å². The largest absolute Gasteiger partial charge is 0.465 e. The minimum atomic E-state index is -0.384. The van der Waals surface area contributed by atoms with Gasteiger partial charge in [-0.25, -0.2) is 14.6 Å². The van der Waals surface area contributed by atoms with Gasteiger partial charge in [0.15, 0.2) is 5.52 Å². The molecular formula is C40H37N3O5. The molecule has 8 heteroatoms. The molecule has 4 aromatic carbocycles. The van der Waals surface area contributed by atoms with E-state index in [4.69, 9.17) is 14.5 Å². The average molecular weight is 640 g/mol. The van der Waals surface area contributed by atoms with E-state index in [9.17, 15) is 14.4 Å². The van der Waals surface area contributed by atoms with Crippen LogP contribution in [0.3, 0.4) is 0 Å². The number of ether oxygens (including phenoxy) is 2. The van der Waals surface area contributed by atoms with Gasteiger partial charge in [0, 0.05) is 19.2 Å². The highest BCUT2D eigenvalue weighted by molar-refractivity contribution is 5.98. The van der Waals surface area contributed by atoms with Gasteiger partial charge in [-0.2, -0.15) is 0 Å². The Morgan fingerprint density at radius 2 is 1.21 bits per heavy atom. The number of imidazole rings is 1. The Morgan fingerprint density at radius 3 is 1.73 bits per heavy atom. The minimum Gasteiger partial charge on any atom is -0.465 e. The summed E-state index contributed by atoms with van der Waals surface area (Å²) in [5, 5.41) is 0. The Labute approximate surface area is 279 Å². The van der Waals surface area contributed by atoms with Crippen LogP contribution in [-0.2, 0) is 29.0 Å². The molecule has 0 saturated heterocycles. The number of methoxy groups -OCH3 is 2. The number of hydrogen-bond acceptors (Lipinski definition) is 6. The second kappa shape index (κ2) is 14.3. The molecule has 2 aromatic heterocycles. The zero-order valence-corrected chi connectivity index (χ0v) is 27.3. The number of aromatic nitrogens is 3. The van der Waals surface area contributed by atoms with Crippen LogP contribution in [0.25, 0.3) is 33.3 Å². The van der Waals surface area contributed by atoms with E-state index < -0.39 is 0 Å². The van der Waals surface area contributed by atoms with Gasteiger partial charge in [0.05, 0.1) is 37.4 Å². The molecule has 0 aliphatic heterocycles. The van der Waals surface area contributed by atoms with Crippen LogP contribution >= 0.6 is 0 Å². The highest BCUT2D eigenvalue weighted by atomic mass is 16.5. The third-order valence-corrected chi connectivity index (χ3v) is 8.60. The summed E-state index contributed by atoms with van der Waals surface area (Å²) in [6, 6.07) is 32.7. The molecule has 0 aliphatic rings. The van der Waals surface area contributed by atoms with Crippen LogP contribution in [0.4, 0.5) is 0 Å². The number of aryl methyl sites for hydroxylation is 1. The number of hydrogen-bond donors (Lipinski definition) is 0. The van der Waals surface area contributed by atoms with Crippen molar-refractivity contribution in [2.45, 2.75) is 39.3 Å². The third-order valence-electron chi connectivity index (χ3n) is 8.60. The molecule has 242 valence electrons. The Bertz CT molecular complexity index is 2140. The molecule has 2 heterocycles. The summed E-state index contributed by atoms with van der Waals surface area (Å²) in [6.45, 7) is 3.09. The summed E-state index contributed by atoms with van der Waals surface area (Å²) in [7, 11) is 2.76. The Hall–Kier alpha value is -5.76. The van der Waals surface area contributed by atoms with Crippen LogP contribution in [0.5, 0.6) is 0 Å². The van der Waals surface area contributed by atoms with Crippen LogP contribution < -0.4 is 5.56 Å². The Balaban J connectivity index is 1.27. The molecule has 0 spiro atoms. The number of rotatable bonds is 11. The minimum absolute atomic E-state index is 0.140. The SMILES string of the molecule is CCCCc1nc2c(=O)n(Cc3ccc(-c4ccccc4C(=O)OC)cc3)ccc2n1Cc1ccc(-c2ccccc2C(=O)OC)cc1. The molecule has 0 radical (unpaired) electrons. The maximum Gasteiger partial charge on any atom is 0.338 e. The average Bonchev–Trinajstić information content (AvgIpc) is 3.49. The fraction of sp³-hybridized carbons (Fsp3) is 0.200. The van der Waals surface area contributed by atoms with E-state index in [2.05, 4.69) is 11.5 Å². The fourth-order valence-electron chi connectivity index (χ4n) is 6.04. The lowest BCUT2D eigenvalue weighted by Crippen LogP contribution is -2.20. The highest BCUT2D eigenvalue weighted by Gasteiger charge is 2.17. The van der Waals surface area contributed by atoms with Crippen LogP contribution in [0.15, 0.2) is 114 Å². The molecule has 8 nitrogen and oxygen atoms in total. The molecule has 0 atom stereocenters. The van der Waals surface area contributed by atoms with E-state index in [0.29, 0.717) is 29.7 Å². The second-order valence-electron chi connectivity index (χ2n) is 11.7. The number of fused-ring (bicyclic) bond motifs is 1. The first-order valence-corrected chi connectivity index (χ1v) is 16.0. The molecular weight excluding hydrogens is 602 g/mol. The van der Waals surface area contributed by atoms with Crippen LogP contribution in [0, 0.1) is 0 Å². The van der Waals surface area contributed by atoms with Crippen LogP contribution in [-0.4, -0.2) is 40.3 Å². The summed E-state index contributed by atoms with van der Waals surface area (Å²) in [4.78, 5) is 43.2. The number of carbonyl (C=O) groups excluding carboxylic acids is 2. The molecule has 0 N–H and O–H groups in total. The first kappa shape index (κ1) is 32.2. The van der Waals surface area contributed by atoms with Crippen LogP contribution in [0.2, 0.25) is 0 Å². The quantitative estimate of drug-likeness (QED) is 0.136. The van der Waals surface area contributed by atoms with Crippen molar-refractivity contribution in [2.75, 3.05) is 14.2 Å². The molecule has 0 aliphatic carbocycles. The summed E-state index contributed by atoms with van der Waals surface area (Å²) >= 11 is 0. The summed E-state index contributed by atoms with van der Waals surface area (Å²) in [5.74, 6) is 0.130. The number of unbranched alkanes of at least 4 members (excludes halogenated alkanes) is 1. The first-order chi connectivity index (χ1) is 23.4. The fourth-order valence-corrected chi connectivity index (χ4v) is 6.04. The third kappa shape index (κ3) is 6.55. The number of nitrogens with zero attached hydrogens (tertiary/aromatic N) is 3. The van der Waals surface area contributed by atoms with Gasteiger partial charge in [0.2, 0.25) is 0 Å². The molecule has 0 bridgehead atoms. The lowest BCUT2D eigenvalue weighted by Gasteiger charge is -2.12. The van der Waals surface area contributed by atoms with Gasteiger partial charge in [0.1, 0.15) is 5.82 Å². The Kier molecular flexibility index (Phi) is 9.62. The topological polar surface area (TPSA) is 92.4 Å². The normalized spacial score (nSPS) is 11.1. The molecule has 0 saturated carbocycles. The molecule has 0 unspecified atom stereocenters. The van der Waals surface area contributed by atoms with Gasteiger partial charge in [-0.1, -0.05) is 98.3 Å². The van der Waals surface area contributed by atoms with Crippen molar-refractivity contribution in [2.24, 2.45) is 0 Å². The monoisotopic (exact) mass is 639 g/mol. The highest BCUT2D eigenvalue weighted by Crippen LogP contribution is 2.27. The van der Waals surface area contributed by atoms with E-state index in [1.807, 2.05) is 97.2 Å². The second-order valence-corrected chi connectivity index (χ2v) is 11.7.